The zero-order valence-corrected chi connectivity index (χ0v) is 16.9. The number of anilines is 1. The summed E-state index contributed by atoms with van der Waals surface area (Å²) < 4.78 is 21.2. The molecule has 2 N–H and O–H groups in total. The van der Waals surface area contributed by atoms with Gasteiger partial charge in [0.25, 0.3) is 5.91 Å². The molecule has 8 heteroatoms. The highest BCUT2D eigenvalue weighted by Crippen LogP contribution is 2.29. The molecule has 0 saturated carbocycles. The number of nitrogens with one attached hydrogen (secondary N) is 2. The number of hydrogen-bond acceptors (Lipinski definition) is 6. The van der Waals surface area contributed by atoms with E-state index in [0.717, 1.165) is 0 Å². The first-order valence-electron chi connectivity index (χ1n) is 8.72. The molecule has 1 amide bonds. The molecule has 0 aliphatic rings. The van der Waals surface area contributed by atoms with E-state index in [9.17, 15) is 4.79 Å². The van der Waals surface area contributed by atoms with Crippen LogP contribution in [-0.2, 0) is 4.74 Å². The molecule has 2 aromatic carbocycles. The summed E-state index contributed by atoms with van der Waals surface area (Å²) in [6.07, 6.45) is 0. The SMILES string of the molecule is CCOCCOc1cccc(C(=O)NC(=S)Nc2ccc(OC)c(OC)c2)c1. The van der Waals surface area contributed by atoms with Crippen molar-refractivity contribution in [3.8, 4) is 17.2 Å². The average molecular weight is 404 g/mol. The van der Waals surface area contributed by atoms with Crippen LogP contribution in [0.5, 0.6) is 17.2 Å². The molecule has 0 unspecified atom stereocenters. The van der Waals surface area contributed by atoms with Crippen LogP contribution in [-0.4, -0.2) is 45.1 Å². The van der Waals surface area contributed by atoms with Crippen molar-refractivity contribution < 1.29 is 23.7 Å². The van der Waals surface area contributed by atoms with Gasteiger partial charge in [-0.05, 0) is 49.5 Å². The first-order chi connectivity index (χ1) is 13.6. The number of benzene rings is 2. The number of thiocarbonyl (C=S) groups is 1. The van der Waals surface area contributed by atoms with Crippen LogP contribution < -0.4 is 24.8 Å². The second-order valence-electron chi connectivity index (χ2n) is 5.55. The number of carbonyl (C=O) groups excluding carboxylic acids is 1. The Morgan fingerprint density at radius 1 is 1.04 bits per heavy atom. The summed E-state index contributed by atoms with van der Waals surface area (Å²) in [5, 5.41) is 5.76. The number of rotatable bonds is 9. The Bertz CT molecular complexity index is 813. The molecule has 0 saturated heterocycles. The first kappa shape index (κ1) is 21.5. The molecule has 0 heterocycles. The number of carbonyl (C=O) groups is 1. The monoisotopic (exact) mass is 404 g/mol. The van der Waals surface area contributed by atoms with E-state index in [4.69, 9.17) is 31.2 Å². The Morgan fingerprint density at radius 2 is 1.82 bits per heavy atom. The Morgan fingerprint density at radius 3 is 2.54 bits per heavy atom. The van der Waals surface area contributed by atoms with E-state index in [2.05, 4.69) is 10.6 Å². The third-order valence-electron chi connectivity index (χ3n) is 3.67. The van der Waals surface area contributed by atoms with Crippen molar-refractivity contribution in [2.75, 3.05) is 39.4 Å². The largest absolute Gasteiger partial charge is 0.493 e. The lowest BCUT2D eigenvalue weighted by molar-refractivity contribution is 0.0976. The second-order valence-corrected chi connectivity index (χ2v) is 5.96. The van der Waals surface area contributed by atoms with Gasteiger partial charge in [0.1, 0.15) is 12.4 Å². The van der Waals surface area contributed by atoms with E-state index < -0.39 is 0 Å². The van der Waals surface area contributed by atoms with Gasteiger partial charge < -0.3 is 24.3 Å². The molecule has 0 spiro atoms. The zero-order chi connectivity index (χ0) is 20.4. The van der Waals surface area contributed by atoms with Crippen molar-refractivity contribution in [3.05, 3.63) is 48.0 Å². The van der Waals surface area contributed by atoms with Gasteiger partial charge in [-0.2, -0.15) is 0 Å². The molecule has 2 rings (SSSR count). The minimum Gasteiger partial charge on any atom is -0.493 e. The van der Waals surface area contributed by atoms with Gasteiger partial charge in [0.15, 0.2) is 16.6 Å². The highest BCUT2D eigenvalue weighted by molar-refractivity contribution is 7.80. The van der Waals surface area contributed by atoms with Crippen molar-refractivity contribution in [2.45, 2.75) is 6.92 Å². The fourth-order valence-electron chi connectivity index (χ4n) is 2.34. The van der Waals surface area contributed by atoms with E-state index in [-0.39, 0.29) is 11.0 Å². The van der Waals surface area contributed by atoms with Gasteiger partial charge in [0.2, 0.25) is 0 Å². The fraction of sp³-hybridized carbons (Fsp3) is 0.300. The topological polar surface area (TPSA) is 78.1 Å². The number of amides is 1. The van der Waals surface area contributed by atoms with E-state index in [1.165, 1.54) is 0 Å². The second kappa shape index (κ2) is 11.1. The smallest absolute Gasteiger partial charge is 0.257 e. The van der Waals surface area contributed by atoms with Gasteiger partial charge in [0, 0.05) is 23.9 Å². The van der Waals surface area contributed by atoms with E-state index in [1.807, 2.05) is 6.92 Å². The third kappa shape index (κ3) is 6.40. The molecule has 0 aromatic heterocycles. The predicted molar refractivity (Wildman–Crippen MR) is 112 cm³/mol. The van der Waals surface area contributed by atoms with Crippen LogP contribution in [0, 0.1) is 0 Å². The molecule has 28 heavy (non-hydrogen) atoms. The highest BCUT2D eigenvalue weighted by atomic mass is 32.1. The van der Waals surface area contributed by atoms with Crippen molar-refractivity contribution in [1.29, 1.82) is 0 Å². The summed E-state index contributed by atoms with van der Waals surface area (Å²) in [7, 11) is 3.11. The lowest BCUT2D eigenvalue weighted by Gasteiger charge is -2.13. The van der Waals surface area contributed by atoms with Gasteiger partial charge in [-0.15, -0.1) is 0 Å². The highest BCUT2D eigenvalue weighted by Gasteiger charge is 2.10. The molecule has 0 fully saturated rings. The fourth-order valence-corrected chi connectivity index (χ4v) is 2.55. The minimum atomic E-state index is -0.340. The molecule has 0 bridgehead atoms. The van der Waals surface area contributed by atoms with Crippen molar-refractivity contribution >= 4 is 28.9 Å². The third-order valence-corrected chi connectivity index (χ3v) is 3.87. The summed E-state index contributed by atoms with van der Waals surface area (Å²) in [5.41, 5.74) is 1.10. The van der Waals surface area contributed by atoms with Crippen molar-refractivity contribution in [2.24, 2.45) is 0 Å². The first-order valence-corrected chi connectivity index (χ1v) is 9.13. The van der Waals surface area contributed by atoms with Crippen LogP contribution >= 0.6 is 12.2 Å². The molecule has 7 nitrogen and oxygen atoms in total. The number of hydrogen-bond donors (Lipinski definition) is 2. The Hall–Kier alpha value is -2.84. The van der Waals surface area contributed by atoms with Gasteiger partial charge in [-0.3, -0.25) is 10.1 Å². The predicted octanol–water partition coefficient (Wildman–Crippen LogP) is 3.25. The minimum absolute atomic E-state index is 0.167. The van der Waals surface area contributed by atoms with Crippen LogP contribution in [0.15, 0.2) is 42.5 Å². The van der Waals surface area contributed by atoms with Crippen LogP contribution in [0.2, 0.25) is 0 Å². The molecule has 2 aromatic rings. The summed E-state index contributed by atoms with van der Waals surface area (Å²) in [6, 6.07) is 12.1. The maximum absolute atomic E-state index is 12.4. The van der Waals surface area contributed by atoms with Gasteiger partial charge >= 0.3 is 0 Å². The van der Waals surface area contributed by atoms with Crippen LogP contribution in [0.4, 0.5) is 5.69 Å². The molecule has 0 aliphatic carbocycles. The molecule has 0 atom stereocenters. The Labute approximate surface area is 169 Å². The molecule has 0 aliphatic heterocycles. The number of methoxy groups -OCH3 is 2. The lowest BCUT2D eigenvalue weighted by Crippen LogP contribution is -2.34. The van der Waals surface area contributed by atoms with Gasteiger partial charge in [0.05, 0.1) is 20.8 Å². The average Bonchev–Trinajstić information content (AvgIpc) is 2.71. The normalized spacial score (nSPS) is 10.1. The summed E-state index contributed by atoms with van der Waals surface area (Å²) in [6.45, 7) is 3.46. The summed E-state index contributed by atoms with van der Waals surface area (Å²) in [4.78, 5) is 12.4. The van der Waals surface area contributed by atoms with Crippen LogP contribution in [0.1, 0.15) is 17.3 Å². The van der Waals surface area contributed by atoms with E-state index in [0.29, 0.717) is 48.3 Å². The maximum atomic E-state index is 12.4. The molecular weight excluding hydrogens is 380 g/mol. The van der Waals surface area contributed by atoms with Gasteiger partial charge in [-0.25, -0.2) is 0 Å². The Balaban J connectivity index is 1.94. The lowest BCUT2D eigenvalue weighted by atomic mass is 10.2. The number of ether oxygens (including phenoxy) is 4. The van der Waals surface area contributed by atoms with Gasteiger partial charge in [-0.1, -0.05) is 6.07 Å². The van der Waals surface area contributed by atoms with Crippen molar-refractivity contribution in [3.63, 3.8) is 0 Å². The van der Waals surface area contributed by atoms with E-state index >= 15 is 0 Å². The maximum Gasteiger partial charge on any atom is 0.257 e. The zero-order valence-electron chi connectivity index (χ0n) is 16.1. The van der Waals surface area contributed by atoms with Crippen molar-refractivity contribution in [1.82, 2.24) is 5.32 Å². The summed E-state index contributed by atoms with van der Waals surface area (Å²) >= 11 is 5.22. The van der Waals surface area contributed by atoms with E-state index in [1.54, 1.807) is 56.7 Å². The molecule has 0 radical (unpaired) electrons. The standard InChI is InChI=1S/C20H24N2O5S/c1-4-26-10-11-27-16-7-5-6-14(12-16)19(23)22-20(28)21-15-8-9-17(24-2)18(13-15)25-3/h5-9,12-13H,4,10-11H2,1-3H3,(H2,21,22,23,28). The molecular formula is C20H24N2O5S. The quantitative estimate of drug-likeness (QED) is 0.491. The summed E-state index contributed by atoms with van der Waals surface area (Å²) in [5.74, 6) is 1.40. The molecule has 150 valence electrons. The van der Waals surface area contributed by atoms with Crippen LogP contribution in [0.25, 0.3) is 0 Å². The Kier molecular flexibility index (Phi) is 8.51. The van der Waals surface area contributed by atoms with Crippen LogP contribution in [0.3, 0.4) is 0 Å².